The van der Waals surface area contributed by atoms with Crippen LogP contribution in [0, 0.1) is 0 Å². The summed E-state index contributed by atoms with van der Waals surface area (Å²) in [4.78, 5) is 13.4. The zero-order chi connectivity index (χ0) is 7.68. The van der Waals surface area contributed by atoms with Crippen molar-refractivity contribution in [1.29, 1.82) is 0 Å². The molecule has 0 amide bonds. The van der Waals surface area contributed by atoms with Gasteiger partial charge in [-0.15, -0.1) is 0 Å². The van der Waals surface area contributed by atoms with Crippen LogP contribution in [0.1, 0.15) is 11.9 Å². The van der Waals surface area contributed by atoms with Crippen LogP contribution >= 0.6 is 11.3 Å². The van der Waals surface area contributed by atoms with E-state index in [9.17, 15) is 0 Å². The average Bonchev–Trinajstić information content (AvgIpc) is 2.46. The Hall–Kier alpha value is -1.03. The van der Waals surface area contributed by atoms with E-state index in [1.807, 2.05) is 0 Å². The molecule has 0 N–H and O–H groups in total. The van der Waals surface area contributed by atoms with Crippen molar-refractivity contribution in [1.82, 2.24) is 15.0 Å². The largest absolute Gasteiger partial charge is 0.240 e. The molecule has 0 saturated heterocycles. The molecule has 2 rings (SSSR count). The normalized spacial score (nSPS) is 10.6. The summed E-state index contributed by atoms with van der Waals surface area (Å²) in [5.41, 5.74) is 0.773. The molecule has 3 nitrogen and oxygen atoms in total. The van der Waals surface area contributed by atoms with Gasteiger partial charge < -0.3 is 0 Å². The molecule has 0 aliphatic rings. The van der Waals surface area contributed by atoms with E-state index in [1.54, 1.807) is 23.7 Å². The molecule has 2 aromatic heterocycles. The van der Waals surface area contributed by atoms with Gasteiger partial charge in [0.05, 0.1) is 5.01 Å². The molecule has 0 aromatic carbocycles. The topological polar surface area (TPSA) is 38.7 Å². The van der Waals surface area contributed by atoms with Crippen LogP contribution < -0.4 is 0 Å². The van der Waals surface area contributed by atoms with Gasteiger partial charge in [0.15, 0.2) is 10.5 Å². The molecule has 0 spiro atoms. The average molecular weight is 165 g/mol. The molecule has 0 aliphatic carbocycles. The lowest BCUT2D eigenvalue weighted by Gasteiger charge is -1.79. The number of aromatic nitrogens is 3. The van der Waals surface area contributed by atoms with Crippen LogP contribution in [0.3, 0.4) is 0 Å². The van der Waals surface area contributed by atoms with Gasteiger partial charge in [0.25, 0.3) is 0 Å². The van der Waals surface area contributed by atoms with Crippen LogP contribution in [0.2, 0.25) is 0 Å². The molecule has 11 heavy (non-hydrogen) atoms. The first kappa shape index (κ1) is 6.67. The number of rotatable bonds is 1. The Bertz CT molecular complexity index is 335. The number of hydrogen-bond acceptors (Lipinski definition) is 4. The summed E-state index contributed by atoms with van der Waals surface area (Å²) in [5.74, 6) is 0. The van der Waals surface area contributed by atoms with Gasteiger partial charge in [0.2, 0.25) is 0 Å². The lowest BCUT2D eigenvalue weighted by molar-refractivity contribution is 1.10. The van der Waals surface area contributed by atoms with E-state index < -0.39 is 0 Å². The minimum Gasteiger partial charge on any atom is -0.240 e. The predicted octanol–water partition coefficient (Wildman–Crippen LogP) is 1.65. The van der Waals surface area contributed by atoms with Crippen LogP contribution in [0.15, 0.2) is 12.4 Å². The summed E-state index contributed by atoms with van der Waals surface area (Å²) >= 11 is 1.61. The summed E-state index contributed by atoms with van der Waals surface area (Å²) in [6.07, 6.45) is 4.32. The highest BCUT2D eigenvalue weighted by atomic mass is 32.1. The van der Waals surface area contributed by atoms with Gasteiger partial charge in [-0.25, -0.2) is 15.0 Å². The maximum absolute atomic E-state index is 4.28. The highest BCUT2D eigenvalue weighted by molar-refractivity contribution is 7.18. The first-order valence-electron chi connectivity index (χ1n) is 3.46. The first-order chi connectivity index (χ1) is 5.40. The molecule has 0 bridgehead atoms. The second-order valence-corrected chi connectivity index (χ2v) is 3.21. The van der Waals surface area contributed by atoms with Crippen molar-refractivity contribution in [2.24, 2.45) is 0 Å². The Labute approximate surface area is 68.1 Å². The van der Waals surface area contributed by atoms with Gasteiger partial charge in [-0.1, -0.05) is 18.3 Å². The maximum Gasteiger partial charge on any atom is 0.189 e. The molecule has 0 saturated carbocycles. The quantitative estimate of drug-likeness (QED) is 0.645. The fourth-order valence-electron chi connectivity index (χ4n) is 0.870. The molecule has 2 heterocycles. The third-order valence-corrected chi connectivity index (χ3v) is 2.49. The molecule has 0 atom stereocenters. The maximum atomic E-state index is 4.28. The summed E-state index contributed by atoms with van der Waals surface area (Å²) in [6, 6.07) is 0. The van der Waals surface area contributed by atoms with Crippen LogP contribution in [0.25, 0.3) is 10.5 Å². The van der Waals surface area contributed by atoms with Crippen LogP contribution in [-0.2, 0) is 6.42 Å². The van der Waals surface area contributed by atoms with Gasteiger partial charge in [-0.2, -0.15) is 0 Å². The molecule has 0 aliphatic heterocycles. The SMILES string of the molecule is CCc1nc2nccnc2s1. The number of fused-ring (bicyclic) bond motifs is 1. The molecule has 2 aromatic rings. The van der Waals surface area contributed by atoms with Gasteiger partial charge in [0, 0.05) is 12.4 Å². The van der Waals surface area contributed by atoms with Gasteiger partial charge in [0.1, 0.15) is 0 Å². The van der Waals surface area contributed by atoms with E-state index in [-0.39, 0.29) is 0 Å². The number of aryl methyl sites for hydroxylation is 1. The van der Waals surface area contributed by atoms with Crippen LogP contribution in [0.4, 0.5) is 0 Å². The standard InChI is InChI=1S/C7H7N3S/c1-2-5-10-6-7(11-5)9-4-3-8-6/h3-4H,2H2,1H3. The summed E-state index contributed by atoms with van der Waals surface area (Å²) in [7, 11) is 0. The minimum atomic E-state index is 0.773. The van der Waals surface area contributed by atoms with Crippen molar-refractivity contribution in [3.63, 3.8) is 0 Å². The Morgan fingerprint density at radius 1 is 1.36 bits per heavy atom. The zero-order valence-electron chi connectivity index (χ0n) is 6.11. The second-order valence-electron chi connectivity index (χ2n) is 2.15. The number of thiazole rings is 1. The van der Waals surface area contributed by atoms with E-state index >= 15 is 0 Å². The third-order valence-electron chi connectivity index (χ3n) is 1.39. The van der Waals surface area contributed by atoms with Gasteiger partial charge >= 0.3 is 0 Å². The lowest BCUT2D eigenvalue weighted by atomic mass is 10.5. The molecule has 0 unspecified atom stereocenters. The molecule has 4 heteroatoms. The number of hydrogen-bond donors (Lipinski definition) is 0. The van der Waals surface area contributed by atoms with Gasteiger partial charge in [-0.05, 0) is 6.42 Å². The fraction of sp³-hybridized carbons (Fsp3) is 0.286. The van der Waals surface area contributed by atoms with Gasteiger partial charge in [-0.3, -0.25) is 0 Å². The fourth-order valence-corrected chi connectivity index (χ4v) is 1.67. The van der Waals surface area contributed by atoms with Crippen molar-refractivity contribution in [2.45, 2.75) is 13.3 Å². The molecular formula is C7H7N3S. The van der Waals surface area contributed by atoms with E-state index in [0.717, 1.165) is 21.9 Å². The lowest BCUT2D eigenvalue weighted by Crippen LogP contribution is -1.78. The monoisotopic (exact) mass is 165 g/mol. The van der Waals surface area contributed by atoms with Crippen LogP contribution in [-0.4, -0.2) is 15.0 Å². The molecule has 56 valence electrons. The van der Waals surface area contributed by atoms with E-state index in [2.05, 4.69) is 21.9 Å². The molecule has 0 fully saturated rings. The van der Waals surface area contributed by atoms with Crippen LogP contribution in [0.5, 0.6) is 0 Å². The smallest absolute Gasteiger partial charge is 0.189 e. The van der Waals surface area contributed by atoms with E-state index in [4.69, 9.17) is 0 Å². The second kappa shape index (κ2) is 2.54. The Balaban J connectivity index is 2.69. The summed E-state index contributed by atoms with van der Waals surface area (Å²) < 4.78 is 0. The molecular weight excluding hydrogens is 158 g/mol. The zero-order valence-corrected chi connectivity index (χ0v) is 6.93. The minimum absolute atomic E-state index is 0.773. The van der Waals surface area contributed by atoms with E-state index in [1.165, 1.54) is 0 Å². The Morgan fingerprint density at radius 2 is 2.18 bits per heavy atom. The number of nitrogens with zero attached hydrogens (tertiary/aromatic N) is 3. The summed E-state index contributed by atoms with van der Waals surface area (Å²) in [6.45, 7) is 2.08. The molecule has 0 radical (unpaired) electrons. The van der Waals surface area contributed by atoms with Crippen molar-refractivity contribution in [2.75, 3.05) is 0 Å². The third kappa shape index (κ3) is 1.09. The van der Waals surface area contributed by atoms with Crippen molar-refractivity contribution in [3.05, 3.63) is 17.4 Å². The van der Waals surface area contributed by atoms with Crippen molar-refractivity contribution in [3.8, 4) is 0 Å². The highest BCUT2D eigenvalue weighted by Crippen LogP contribution is 2.16. The van der Waals surface area contributed by atoms with E-state index in [0.29, 0.717) is 0 Å². The summed E-state index contributed by atoms with van der Waals surface area (Å²) in [5, 5.41) is 1.10. The Morgan fingerprint density at radius 3 is 2.91 bits per heavy atom. The predicted molar refractivity (Wildman–Crippen MR) is 44.6 cm³/mol. The highest BCUT2D eigenvalue weighted by Gasteiger charge is 2.01. The van der Waals surface area contributed by atoms with Crippen molar-refractivity contribution < 1.29 is 0 Å². The Kier molecular flexibility index (Phi) is 1.54. The van der Waals surface area contributed by atoms with Crippen molar-refractivity contribution >= 4 is 21.8 Å². The first-order valence-corrected chi connectivity index (χ1v) is 4.28.